The van der Waals surface area contributed by atoms with E-state index in [1.165, 1.54) is 23.4 Å². The summed E-state index contributed by atoms with van der Waals surface area (Å²) in [7, 11) is 0. The summed E-state index contributed by atoms with van der Waals surface area (Å²) < 4.78 is 3.31. The fraction of sp³-hybridized carbons (Fsp3) is 0.474. The molecule has 0 N–H and O–H groups in total. The fourth-order valence-electron chi connectivity index (χ4n) is 2.81. The topological polar surface area (TPSA) is 34.4 Å². The van der Waals surface area contributed by atoms with Gasteiger partial charge in [0.25, 0.3) is 5.91 Å². The lowest BCUT2D eigenvalue weighted by molar-refractivity contribution is 0.0997. The second kappa shape index (κ2) is 6.75. The zero-order chi connectivity index (χ0) is 17.5. The van der Waals surface area contributed by atoms with Gasteiger partial charge in [-0.2, -0.15) is 4.99 Å². The molecule has 5 heteroatoms. The molecular formula is C19H23IN2OS. The summed E-state index contributed by atoms with van der Waals surface area (Å²) in [6.45, 7) is 9.81. The van der Waals surface area contributed by atoms with Crippen molar-refractivity contribution in [1.82, 2.24) is 4.57 Å². The van der Waals surface area contributed by atoms with Crippen molar-refractivity contribution in [1.29, 1.82) is 0 Å². The molecule has 1 saturated carbocycles. The molecule has 3 rings (SSSR count). The molecule has 1 aliphatic rings. The molecule has 0 atom stereocenters. The van der Waals surface area contributed by atoms with Crippen molar-refractivity contribution in [2.24, 2.45) is 10.9 Å². The van der Waals surface area contributed by atoms with Crippen molar-refractivity contribution in [3.05, 3.63) is 48.8 Å². The minimum atomic E-state index is -0.153. The Hall–Kier alpha value is -0.950. The number of nitrogens with zero attached hydrogens (tertiary/aromatic N) is 2. The van der Waals surface area contributed by atoms with Crippen molar-refractivity contribution >= 4 is 39.8 Å². The van der Waals surface area contributed by atoms with Crippen LogP contribution in [-0.2, 0) is 12.0 Å². The number of benzene rings is 1. The van der Waals surface area contributed by atoms with Gasteiger partial charge < -0.3 is 4.57 Å². The summed E-state index contributed by atoms with van der Waals surface area (Å²) in [6.07, 6.45) is 2.58. The molecule has 1 fully saturated rings. The van der Waals surface area contributed by atoms with Crippen molar-refractivity contribution in [3.8, 4) is 0 Å². The zero-order valence-electron chi connectivity index (χ0n) is 14.6. The number of rotatable bonds is 3. The Morgan fingerprint density at radius 2 is 2.08 bits per heavy atom. The Labute approximate surface area is 161 Å². The van der Waals surface area contributed by atoms with Crippen LogP contribution in [0.15, 0.2) is 29.3 Å². The Morgan fingerprint density at radius 1 is 1.38 bits per heavy atom. The molecule has 0 bridgehead atoms. The third-order valence-electron chi connectivity index (χ3n) is 4.25. The average molecular weight is 454 g/mol. The highest BCUT2D eigenvalue weighted by Gasteiger charge is 2.27. The van der Waals surface area contributed by atoms with Crippen molar-refractivity contribution in [2.75, 3.05) is 0 Å². The third kappa shape index (κ3) is 3.99. The molecule has 0 spiro atoms. The van der Waals surface area contributed by atoms with Crippen LogP contribution in [-0.4, -0.2) is 10.5 Å². The molecule has 0 saturated heterocycles. The first kappa shape index (κ1) is 17.9. The molecule has 1 heterocycles. The van der Waals surface area contributed by atoms with Crippen LogP contribution in [0.3, 0.4) is 0 Å². The van der Waals surface area contributed by atoms with Gasteiger partial charge in [0.1, 0.15) is 0 Å². The van der Waals surface area contributed by atoms with Crippen LogP contribution >= 0.6 is 33.9 Å². The largest absolute Gasteiger partial charge is 0.320 e. The number of halogens is 1. The second-order valence-corrected chi connectivity index (χ2v) is 9.75. The summed E-state index contributed by atoms with van der Waals surface area (Å²) in [6, 6.07) is 7.62. The van der Waals surface area contributed by atoms with Gasteiger partial charge in [-0.15, -0.1) is 11.3 Å². The first-order valence-corrected chi connectivity index (χ1v) is 10.2. The number of thiazole rings is 1. The molecular weight excluding hydrogens is 431 g/mol. The monoisotopic (exact) mass is 454 g/mol. The first-order valence-electron chi connectivity index (χ1n) is 8.31. The van der Waals surface area contributed by atoms with E-state index < -0.39 is 0 Å². The lowest BCUT2D eigenvalue weighted by Crippen LogP contribution is -2.19. The van der Waals surface area contributed by atoms with Crippen LogP contribution in [0, 0.1) is 16.4 Å². The van der Waals surface area contributed by atoms with E-state index in [1.54, 1.807) is 11.3 Å². The molecule has 2 aromatic rings. The van der Waals surface area contributed by atoms with E-state index in [9.17, 15) is 4.79 Å². The van der Waals surface area contributed by atoms with Crippen LogP contribution in [0.1, 0.15) is 54.5 Å². The number of hydrogen-bond acceptors (Lipinski definition) is 2. The molecule has 1 aromatic carbocycles. The Balaban J connectivity index is 2.06. The van der Waals surface area contributed by atoms with Gasteiger partial charge in [-0.1, -0.05) is 26.8 Å². The highest BCUT2D eigenvalue weighted by Crippen LogP contribution is 2.33. The second-order valence-electron chi connectivity index (χ2n) is 7.53. The maximum absolute atomic E-state index is 12.6. The minimum Gasteiger partial charge on any atom is -0.320 e. The Kier molecular flexibility index (Phi) is 5.02. The van der Waals surface area contributed by atoms with E-state index in [0.29, 0.717) is 5.56 Å². The molecule has 1 amide bonds. The highest BCUT2D eigenvalue weighted by molar-refractivity contribution is 14.1. The summed E-state index contributed by atoms with van der Waals surface area (Å²) >= 11 is 3.89. The standard InChI is InChI=1S/C19H23IN2OS/c1-12-16(19(2,3)4)24-18(22(12)11-13-8-9-13)21-17(23)14-6-5-7-15(20)10-14/h5-7,10,13H,8-9,11H2,1-4H3. The molecule has 0 radical (unpaired) electrons. The SMILES string of the molecule is Cc1c(C(C)(C)C)sc(=NC(=O)c2cccc(I)c2)n1CC1CC1. The molecule has 1 aromatic heterocycles. The predicted octanol–water partition coefficient (Wildman–Crippen LogP) is 4.91. The maximum atomic E-state index is 12.6. The normalized spacial score (nSPS) is 15.8. The molecule has 24 heavy (non-hydrogen) atoms. The molecule has 3 nitrogen and oxygen atoms in total. The maximum Gasteiger partial charge on any atom is 0.279 e. The van der Waals surface area contributed by atoms with Gasteiger partial charge in [0.05, 0.1) is 0 Å². The van der Waals surface area contributed by atoms with E-state index in [4.69, 9.17) is 0 Å². The number of aromatic nitrogens is 1. The van der Waals surface area contributed by atoms with Crippen LogP contribution in [0.4, 0.5) is 0 Å². The van der Waals surface area contributed by atoms with Crippen LogP contribution in [0.5, 0.6) is 0 Å². The van der Waals surface area contributed by atoms with Crippen LogP contribution in [0.25, 0.3) is 0 Å². The van der Waals surface area contributed by atoms with Crippen LogP contribution in [0.2, 0.25) is 0 Å². The van der Waals surface area contributed by atoms with Crippen molar-refractivity contribution < 1.29 is 4.79 Å². The van der Waals surface area contributed by atoms with Gasteiger partial charge in [-0.05, 0) is 71.9 Å². The summed E-state index contributed by atoms with van der Waals surface area (Å²) in [5.74, 6) is 0.595. The Bertz CT molecular complexity index is 838. The van der Waals surface area contributed by atoms with Crippen LogP contribution < -0.4 is 4.80 Å². The van der Waals surface area contributed by atoms with E-state index in [1.807, 2.05) is 24.3 Å². The highest BCUT2D eigenvalue weighted by atomic mass is 127. The molecule has 0 aliphatic heterocycles. The summed E-state index contributed by atoms with van der Waals surface area (Å²) in [5.41, 5.74) is 1.98. The molecule has 0 unspecified atom stereocenters. The quantitative estimate of drug-likeness (QED) is 0.607. The van der Waals surface area contributed by atoms with E-state index in [0.717, 1.165) is 20.8 Å². The summed E-state index contributed by atoms with van der Waals surface area (Å²) in [4.78, 5) is 19.3. The number of carbonyl (C=O) groups excluding carboxylic acids is 1. The first-order chi connectivity index (χ1) is 11.3. The fourth-order valence-corrected chi connectivity index (χ4v) is 4.55. The van der Waals surface area contributed by atoms with E-state index >= 15 is 0 Å². The van der Waals surface area contributed by atoms with Gasteiger partial charge in [0.15, 0.2) is 4.80 Å². The minimum absolute atomic E-state index is 0.0684. The van der Waals surface area contributed by atoms with Crippen molar-refractivity contribution in [3.63, 3.8) is 0 Å². The smallest absolute Gasteiger partial charge is 0.279 e. The molecule has 128 valence electrons. The summed E-state index contributed by atoms with van der Waals surface area (Å²) in [5, 5.41) is 0. The van der Waals surface area contributed by atoms with Gasteiger partial charge in [0.2, 0.25) is 0 Å². The van der Waals surface area contributed by atoms with E-state index in [2.05, 4.69) is 59.8 Å². The van der Waals surface area contributed by atoms with Gasteiger partial charge in [-0.25, -0.2) is 0 Å². The van der Waals surface area contributed by atoms with Gasteiger partial charge >= 0.3 is 0 Å². The van der Waals surface area contributed by atoms with Gasteiger partial charge in [0, 0.05) is 26.2 Å². The zero-order valence-corrected chi connectivity index (χ0v) is 17.6. The lowest BCUT2D eigenvalue weighted by atomic mass is 9.93. The lowest BCUT2D eigenvalue weighted by Gasteiger charge is -2.17. The van der Waals surface area contributed by atoms with Crippen molar-refractivity contribution in [2.45, 2.75) is 52.5 Å². The number of hydrogen-bond donors (Lipinski definition) is 0. The van der Waals surface area contributed by atoms with Gasteiger partial charge in [-0.3, -0.25) is 4.79 Å². The predicted molar refractivity (Wildman–Crippen MR) is 108 cm³/mol. The van der Waals surface area contributed by atoms with E-state index in [-0.39, 0.29) is 11.3 Å². The third-order valence-corrected chi connectivity index (χ3v) is 6.52. The number of carbonyl (C=O) groups is 1. The number of amides is 1. The Morgan fingerprint density at radius 3 is 2.67 bits per heavy atom. The molecule has 1 aliphatic carbocycles. The average Bonchev–Trinajstić information content (AvgIpc) is 3.25.